The summed E-state index contributed by atoms with van der Waals surface area (Å²) in [6.45, 7) is 1.92. The standard InChI is InChI=1S/C18H17Cl2FN2O2/c1-12(24)23(15-6-7-16(19)17(20)10-15)9-8-18(25)22-11-13-2-4-14(21)5-3-13/h2-7,10H,8-9,11H2,1H3,(H,22,25). The SMILES string of the molecule is CC(=O)N(CCC(=O)NCc1ccc(F)cc1)c1ccc(Cl)c(Cl)c1. The maximum absolute atomic E-state index is 12.8. The van der Waals surface area contributed by atoms with Crippen LogP contribution < -0.4 is 10.2 Å². The van der Waals surface area contributed by atoms with Crippen LogP contribution in [0.15, 0.2) is 42.5 Å². The van der Waals surface area contributed by atoms with Crippen molar-refractivity contribution in [3.05, 3.63) is 63.9 Å². The molecule has 2 amide bonds. The Morgan fingerprint density at radius 3 is 2.36 bits per heavy atom. The number of rotatable bonds is 6. The molecule has 0 bridgehead atoms. The number of anilines is 1. The number of carbonyl (C=O) groups is 2. The average molecular weight is 383 g/mol. The van der Waals surface area contributed by atoms with E-state index in [1.54, 1.807) is 30.3 Å². The first-order valence-corrected chi connectivity index (χ1v) is 8.36. The van der Waals surface area contributed by atoms with E-state index in [-0.39, 0.29) is 30.6 Å². The van der Waals surface area contributed by atoms with E-state index in [0.29, 0.717) is 22.3 Å². The van der Waals surface area contributed by atoms with E-state index in [9.17, 15) is 14.0 Å². The molecule has 2 aromatic carbocycles. The predicted molar refractivity (Wildman–Crippen MR) is 97.4 cm³/mol. The summed E-state index contributed by atoms with van der Waals surface area (Å²) in [5.41, 5.74) is 1.37. The van der Waals surface area contributed by atoms with Crippen LogP contribution in [0.2, 0.25) is 10.0 Å². The first-order valence-electron chi connectivity index (χ1n) is 7.61. The number of nitrogens with one attached hydrogen (secondary N) is 1. The van der Waals surface area contributed by atoms with Crippen molar-refractivity contribution >= 4 is 40.7 Å². The molecule has 0 atom stereocenters. The number of amides is 2. The maximum atomic E-state index is 12.8. The highest BCUT2D eigenvalue weighted by Gasteiger charge is 2.14. The lowest BCUT2D eigenvalue weighted by molar-refractivity contribution is -0.121. The van der Waals surface area contributed by atoms with Crippen molar-refractivity contribution in [2.24, 2.45) is 0 Å². The van der Waals surface area contributed by atoms with Crippen molar-refractivity contribution in [1.82, 2.24) is 5.32 Å². The fourth-order valence-electron chi connectivity index (χ4n) is 2.23. The molecule has 0 heterocycles. The first kappa shape index (κ1) is 19.2. The molecule has 0 aliphatic rings. The molecule has 0 radical (unpaired) electrons. The normalized spacial score (nSPS) is 10.4. The molecule has 1 N–H and O–H groups in total. The van der Waals surface area contributed by atoms with Crippen LogP contribution >= 0.6 is 23.2 Å². The topological polar surface area (TPSA) is 49.4 Å². The highest BCUT2D eigenvalue weighted by atomic mass is 35.5. The quantitative estimate of drug-likeness (QED) is 0.813. The van der Waals surface area contributed by atoms with Gasteiger partial charge in [-0.05, 0) is 35.9 Å². The lowest BCUT2D eigenvalue weighted by Gasteiger charge is -2.21. The van der Waals surface area contributed by atoms with Crippen LogP contribution in [0, 0.1) is 5.82 Å². The zero-order valence-electron chi connectivity index (χ0n) is 13.6. The van der Waals surface area contributed by atoms with E-state index in [1.807, 2.05) is 0 Å². The van der Waals surface area contributed by atoms with E-state index >= 15 is 0 Å². The number of nitrogens with zero attached hydrogens (tertiary/aromatic N) is 1. The van der Waals surface area contributed by atoms with Gasteiger partial charge in [0.2, 0.25) is 11.8 Å². The van der Waals surface area contributed by atoms with Gasteiger partial charge in [-0.3, -0.25) is 9.59 Å². The molecule has 7 heteroatoms. The van der Waals surface area contributed by atoms with E-state index in [1.165, 1.54) is 24.0 Å². The van der Waals surface area contributed by atoms with Crippen molar-refractivity contribution < 1.29 is 14.0 Å². The summed E-state index contributed by atoms with van der Waals surface area (Å²) in [6.07, 6.45) is 0.126. The summed E-state index contributed by atoms with van der Waals surface area (Å²) in [7, 11) is 0. The molecule has 0 unspecified atom stereocenters. The third-order valence-corrected chi connectivity index (χ3v) is 4.30. The second-order valence-electron chi connectivity index (χ2n) is 5.42. The van der Waals surface area contributed by atoms with Crippen molar-refractivity contribution in [2.45, 2.75) is 19.9 Å². The summed E-state index contributed by atoms with van der Waals surface area (Å²) in [6, 6.07) is 10.7. The minimum atomic E-state index is -0.325. The molecule has 0 saturated carbocycles. The van der Waals surface area contributed by atoms with Crippen LogP contribution in [0.3, 0.4) is 0 Å². The van der Waals surface area contributed by atoms with Gasteiger partial charge in [-0.1, -0.05) is 35.3 Å². The second kappa shape index (κ2) is 8.83. The zero-order valence-corrected chi connectivity index (χ0v) is 15.1. The minimum absolute atomic E-state index is 0.126. The van der Waals surface area contributed by atoms with E-state index < -0.39 is 0 Å². The fourth-order valence-corrected chi connectivity index (χ4v) is 2.52. The predicted octanol–water partition coefficient (Wildman–Crippen LogP) is 4.19. The summed E-state index contributed by atoms with van der Waals surface area (Å²) >= 11 is 11.9. The van der Waals surface area contributed by atoms with Gasteiger partial charge in [-0.2, -0.15) is 0 Å². The van der Waals surface area contributed by atoms with E-state index in [2.05, 4.69) is 5.32 Å². The average Bonchev–Trinajstić information content (AvgIpc) is 2.57. The van der Waals surface area contributed by atoms with Crippen LogP contribution in [0.4, 0.5) is 10.1 Å². The van der Waals surface area contributed by atoms with Gasteiger partial charge in [0, 0.05) is 32.1 Å². The third-order valence-electron chi connectivity index (χ3n) is 3.56. The number of halogens is 3. The Kier molecular flexibility index (Phi) is 6.79. The van der Waals surface area contributed by atoms with Crippen LogP contribution in [0.5, 0.6) is 0 Å². The molecule has 4 nitrogen and oxygen atoms in total. The summed E-state index contributed by atoms with van der Waals surface area (Å²) in [4.78, 5) is 25.3. The molecule has 0 saturated heterocycles. The number of benzene rings is 2. The molecule has 2 aromatic rings. The van der Waals surface area contributed by atoms with E-state index in [4.69, 9.17) is 23.2 Å². The van der Waals surface area contributed by atoms with Crippen LogP contribution in [0.1, 0.15) is 18.9 Å². The largest absolute Gasteiger partial charge is 0.352 e. The van der Waals surface area contributed by atoms with Crippen LogP contribution in [-0.4, -0.2) is 18.4 Å². The Morgan fingerprint density at radius 2 is 1.76 bits per heavy atom. The number of carbonyl (C=O) groups excluding carboxylic acids is 2. The Balaban J connectivity index is 1.91. The molecule has 25 heavy (non-hydrogen) atoms. The Labute approximate surface area is 155 Å². The van der Waals surface area contributed by atoms with Gasteiger partial charge in [0.05, 0.1) is 10.0 Å². The monoisotopic (exact) mass is 382 g/mol. The minimum Gasteiger partial charge on any atom is -0.352 e. The summed E-state index contributed by atoms with van der Waals surface area (Å²) in [5.74, 6) is -0.742. The van der Waals surface area contributed by atoms with Crippen molar-refractivity contribution in [1.29, 1.82) is 0 Å². The second-order valence-corrected chi connectivity index (χ2v) is 6.24. The van der Waals surface area contributed by atoms with E-state index in [0.717, 1.165) is 5.56 Å². The van der Waals surface area contributed by atoms with Gasteiger partial charge in [-0.25, -0.2) is 4.39 Å². The zero-order chi connectivity index (χ0) is 18.4. The molecule has 0 aliphatic carbocycles. The molecule has 0 spiro atoms. The Hall–Kier alpha value is -2.11. The molecular weight excluding hydrogens is 366 g/mol. The van der Waals surface area contributed by atoms with Crippen molar-refractivity contribution in [3.63, 3.8) is 0 Å². The van der Waals surface area contributed by atoms with Gasteiger partial charge in [0.25, 0.3) is 0 Å². The first-order chi connectivity index (χ1) is 11.9. The van der Waals surface area contributed by atoms with Gasteiger partial charge < -0.3 is 10.2 Å². The molecule has 0 aromatic heterocycles. The smallest absolute Gasteiger partial charge is 0.223 e. The van der Waals surface area contributed by atoms with Crippen molar-refractivity contribution in [2.75, 3.05) is 11.4 Å². The van der Waals surface area contributed by atoms with Gasteiger partial charge in [0.15, 0.2) is 0 Å². The van der Waals surface area contributed by atoms with Crippen molar-refractivity contribution in [3.8, 4) is 0 Å². The molecule has 0 fully saturated rings. The third kappa shape index (κ3) is 5.73. The van der Waals surface area contributed by atoms with Gasteiger partial charge in [0.1, 0.15) is 5.82 Å². The molecule has 132 valence electrons. The lowest BCUT2D eigenvalue weighted by Crippen LogP contribution is -2.33. The Bertz CT molecular complexity index is 766. The number of hydrogen-bond donors (Lipinski definition) is 1. The number of hydrogen-bond acceptors (Lipinski definition) is 2. The maximum Gasteiger partial charge on any atom is 0.223 e. The Morgan fingerprint density at radius 1 is 1.08 bits per heavy atom. The lowest BCUT2D eigenvalue weighted by atomic mass is 10.2. The summed E-state index contributed by atoms with van der Waals surface area (Å²) < 4.78 is 12.8. The van der Waals surface area contributed by atoms with Crippen LogP contribution in [0.25, 0.3) is 0 Å². The molecule has 0 aliphatic heterocycles. The van der Waals surface area contributed by atoms with Gasteiger partial charge >= 0.3 is 0 Å². The highest BCUT2D eigenvalue weighted by Crippen LogP contribution is 2.27. The molecular formula is C18H17Cl2FN2O2. The molecule has 2 rings (SSSR count). The summed E-state index contributed by atoms with van der Waals surface area (Å²) in [5, 5.41) is 3.47. The highest BCUT2D eigenvalue weighted by molar-refractivity contribution is 6.42. The van der Waals surface area contributed by atoms with Crippen LogP contribution in [-0.2, 0) is 16.1 Å². The fraction of sp³-hybridized carbons (Fsp3) is 0.222. The van der Waals surface area contributed by atoms with Gasteiger partial charge in [-0.15, -0.1) is 0 Å².